The molecule has 2 N–H and O–H groups in total. The number of fused-ring (bicyclic) bond motifs is 1. The lowest BCUT2D eigenvalue weighted by atomic mass is 10.1. The Balaban J connectivity index is 2.22. The quantitative estimate of drug-likeness (QED) is 0.500. The fourth-order valence-corrected chi connectivity index (χ4v) is 1.78. The van der Waals surface area contributed by atoms with E-state index < -0.39 is 4.92 Å². The van der Waals surface area contributed by atoms with E-state index in [0.717, 1.165) is 0 Å². The van der Waals surface area contributed by atoms with Crippen molar-refractivity contribution in [1.82, 2.24) is 4.90 Å². The molecule has 1 unspecified atom stereocenters. The number of nitrogens with two attached hydrogens (primary N) is 1. The van der Waals surface area contributed by atoms with Crippen molar-refractivity contribution in [1.29, 1.82) is 0 Å². The summed E-state index contributed by atoms with van der Waals surface area (Å²) in [5.41, 5.74) is 6.33. The maximum absolute atomic E-state index is 11.1. The summed E-state index contributed by atoms with van der Waals surface area (Å²) < 4.78 is 10.4. The summed E-state index contributed by atoms with van der Waals surface area (Å²) in [7, 11) is 3.75. The molecule has 7 nitrogen and oxygen atoms in total. The molecule has 0 amide bonds. The molecule has 1 aliphatic heterocycles. The highest BCUT2D eigenvalue weighted by atomic mass is 16.7. The molecule has 0 bridgehead atoms. The maximum atomic E-state index is 11.1. The molecule has 0 spiro atoms. The van der Waals surface area contributed by atoms with E-state index in [1.54, 1.807) is 12.1 Å². The van der Waals surface area contributed by atoms with Crippen LogP contribution in [0.25, 0.3) is 6.08 Å². The van der Waals surface area contributed by atoms with E-state index in [9.17, 15) is 10.1 Å². The summed E-state index contributed by atoms with van der Waals surface area (Å²) in [6, 6.07) is 2.99. The van der Waals surface area contributed by atoms with Crippen molar-refractivity contribution in [2.45, 2.75) is 12.6 Å². The van der Waals surface area contributed by atoms with Crippen LogP contribution in [0.2, 0.25) is 0 Å². The van der Waals surface area contributed by atoms with Gasteiger partial charge in [-0.25, -0.2) is 0 Å². The first-order valence-electron chi connectivity index (χ1n) is 6.15. The van der Waals surface area contributed by atoms with Crippen molar-refractivity contribution < 1.29 is 14.4 Å². The molecule has 1 aromatic carbocycles. The Morgan fingerprint density at radius 1 is 1.45 bits per heavy atom. The second kappa shape index (κ2) is 5.89. The molecule has 1 aromatic rings. The highest BCUT2D eigenvalue weighted by Gasteiger charge is 2.21. The average Bonchev–Trinajstić information content (AvgIpc) is 2.84. The van der Waals surface area contributed by atoms with Crippen LogP contribution >= 0.6 is 0 Å². The van der Waals surface area contributed by atoms with E-state index >= 15 is 0 Å². The van der Waals surface area contributed by atoms with Crippen molar-refractivity contribution in [3.05, 3.63) is 33.9 Å². The normalized spacial score (nSPS) is 15.0. The van der Waals surface area contributed by atoms with Crippen LogP contribution in [0.15, 0.2) is 18.2 Å². The molecule has 0 fully saturated rings. The molecule has 1 atom stereocenters. The van der Waals surface area contributed by atoms with Crippen LogP contribution in [-0.4, -0.2) is 36.9 Å². The average molecular weight is 279 g/mol. The van der Waals surface area contributed by atoms with Crippen LogP contribution in [0.1, 0.15) is 12.0 Å². The number of benzene rings is 1. The standard InChI is InChI=1S/C13H17N3O4/c1-15(2)13(14)5-3-4-9-6-11-12(20-8-19-11)7-10(9)16(17)18/h3-4,6-7,13H,5,8,14H2,1-2H3. The number of nitro benzene ring substituents is 1. The van der Waals surface area contributed by atoms with E-state index in [2.05, 4.69) is 0 Å². The molecule has 0 saturated carbocycles. The number of hydrogen-bond acceptors (Lipinski definition) is 6. The van der Waals surface area contributed by atoms with Gasteiger partial charge >= 0.3 is 0 Å². The van der Waals surface area contributed by atoms with Gasteiger partial charge in [0.25, 0.3) is 5.69 Å². The first kappa shape index (κ1) is 14.3. The summed E-state index contributed by atoms with van der Waals surface area (Å²) in [6.45, 7) is 0.0885. The van der Waals surface area contributed by atoms with Gasteiger partial charge in [0.05, 0.1) is 22.7 Å². The third-order valence-electron chi connectivity index (χ3n) is 3.06. The van der Waals surface area contributed by atoms with Crippen molar-refractivity contribution in [3.8, 4) is 11.5 Å². The van der Waals surface area contributed by atoms with Gasteiger partial charge in [0.2, 0.25) is 6.79 Å². The van der Waals surface area contributed by atoms with Gasteiger partial charge in [-0.1, -0.05) is 12.2 Å². The van der Waals surface area contributed by atoms with Crippen molar-refractivity contribution in [3.63, 3.8) is 0 Å². The molecule has 0 radical (unpaired) electrons. The van der Waals surface area contributed by atoms with Gasteiger partial charge < -0.3 is 15.2 Å². The zero-order valence-corrected chi connectivity index (χ0v) is 11.4. The van der Waals surface area contributed by atoms with Crippen LogP contribution in [0.3, 0.4) is 0 Å². The fraction of sp³-hybridized carbons (Fsp3) is 0.385. The van der Waals surface area contributed by atoms with Gasteiger partial charge in [0.1, 0.15) is 0 Å². The van der Waals surface area contributed by atoms with Crippen LogP contribution in [0.4, 0.5) is 5.69 Å². The number of hydrogen-bond donors (Lipinski definition) is 1. The van der Waals surface area contributed by atoms with Crippen molar-refractivity contribution in [2.24, 2.45) is 5.73 Å². The molecule has 0 aromatic heterocycles. The lowest BCUT2D eigenvalue weighted by Gasteiger charge is -2.17. The number of nitro groups is 1. The van der Waals surface area contributed by atoms with Crippen LogP contribution in [0, 0.1) is 10.1 Å². The minimum Gasteiger partial charge on any atom is -0.454 e. The second-order valence-corrected chi connectivity index (χ2v) is 4.69. The molecule has 7 heteroatoms. The third kappa shape index (κ3) is 3.06. The van der Waals surface area contributed by atoms with E-state index in [1.165, 1.54) is 6.07 Å². The Labute approximate surface area is 116 Å². The highest BCUT2D eigenvalue weighted by Crippen LogP contribution is 2.38. The Hall–Kier alpha value is -2.12. The first-order chi connectivity index (χ1) is 9.49. The minimum atomic E-state index is -0.437. The second-order valence-electron chi connectivity index (χ2n) is 4.69. The molecule has 0 aliphatic carbocycles. The molecule has 2 rings (SSSR count). The van der Waals surface area contributed by atoms with Crippen LogP contribution < -0.4 is 15.2 Å². The number of rotatable bonds is 5. The Bertz CT molecular complexity index is 543. The summed E-state index contributed by atoms with van der Waals surface area (Å²) in [4.78, 5) is 12.5. The molecule has 20 heavy (non-hydrogen) atoms. The zero-order chi connectivity index (χ0) is 14.7. The minimum absolute atomic E-state index is 0.0103. The van der Waals surface area contributed by atoms with E-state index in [-0.39, 0.29) is 18.6 Å². The van der Waals surface area contributed by atoms with Gasteiger partial charge in [0, 0.05) is 0 Å². The SMILES string of the molecule is CN(C)C(N)CC=Cc1cc2c(cc1[N+](=O)[O-])OCO2. The molecular formula is C13H17N3O4. The predicted octanol–water partition coefficient (Wildman–Crippen LogP) is 1.57. The topological polar surface area (TPSA) is 90.9 Å². The fourth-order valence-electron chi connectivity index (χ4n) is 1.78. The summed E-state index contributed by atoms with van der Waals surface area (Å²) in [6.07, 6.45) is 3.97. The summed E-state index contributed by atoms with van der Waals surface area (Å²) >= 11 is 0. The monoisotopic (exact) mass is 279 g/mol. The molecule has 1 heterocycles. The molecule has 1 aliphatic rings. The largest absolute Gasteiger partial charge is 0.454 e. The zero-order valence-electron chi connectivity index (χ0n) is 11.4. The van der Waals surface area contributed by atoms with E-state index in [0.29, 0.717) is 23.5 Å². The number of ether oxygens (including phenoxy) is 2. The Morgan fingerprint density at radius 2 is 2.10 bits per heavy atom. The number of nitrogens with zero attached hydrogens (tertiary/aromatic N) is 2. The van der Waals surface area contributed by atoms with Crippen molar-refractivity contribution in [2.75, 3.05) is 20.9 Å². The summed E-state index contributed by atoms with van der Waals surface area (Å²) in [5.74, 6) is 0.922. The maximum Gasteiger partial charge on any atom is 0.280 e. The van der Waals surface area contributed by atoms with Crippen LogP contribution in [-0.2, 0) is 0 Å². The lowest BCUT2D eigenvalue weighted by molar-refractivity contribution is -0.385. The molecule has 108 valence electrons. The van der Waals surface area contributed by atoms with Crippen molar-refractivity contribution >= 4 is 11.8 Å². The van der Waals surface area contributed by atoms with Gasteiger partial charge in [-0.05, 0) is 26.6 Å². The predicted molar refractivity (Wildman–Crippen MR) is 74.5 cm³/mol. The smallest absolute Gasteiger partial charge is 0.280 e. The Kier molecular flexibility index (Phi) is 4.21. The van der Waals surface area contributed by atoms with Crippen LogP contribution in [0.5, 0.6) is 11.5 Å². The summed E-state index contributed by atoms with van der Waals surface area (Å²) in [5, 5.41) is 11.1. The van der Waals surface area contributed by atoms with Gasteiger partial charge in [-0.15, -0.1) is 0 Å². The first-order valence-corrected chi connectivity index (χ1v) is 6.15. The molecule has 0 saturated heterocycles. The van der Waals surface area contributed by atoms with E-state index in [1.807, 2.05) is 25.1 Å². The Morgan fingerprint density at radius 3 is 2.70 bits per heavy atom. The van der Waals surface area contributed by atoms with Gasteiger partial charge in [-0.2, -0.15) is 0 Å². The van der Waals surface area contributed by atoms with Gasteiger partial charge in [0.15, 0.2) is 11.5 Å². The lowest BCUT2D eigenvalue weighted by Crippen LogP contribution is -2.35. The third-order valence-corrected chi connectivity index (χ3v) is 3.06. The van der Waals surface area contributed by atoms with E-state index in [4.69, 9.17) is 15.2 Å². The molecular weight excluding hydrogens is 262 g/mol. The highest BCUT2D eigenvalue weighted by molar-refractivity contribution is 5.67. The van der Waals surface area contributed by atoms with Gasteiger partial charge in [-0.3, -0.25) is 15.0 Å².